The summed E-state index contributed by atoms with van der Waals surface area (Å²) in [5.41, 5.74) is 3.95. The van der Waals surface area contributed by atoms with E-state index in [1.165, 1.54) is 16.8 Å². The number of sulfone groups is 1. The Labute approximate surface area is 139 Å². The number of nitrogens with zero attached hydrogens (tertiary/aromatic N) is 1. The predicted molar refractivity (Wildman–Crippen MR) is 93.6 cm³/mol. The minimum atomic E-state index is -2.99. The Morgan fingerprint density at radius 1 is 1.27 bits per heavy atom. The van der Waals surface area contributed by atoms with Crippen LogP contribution in [-0.4, -0.2) is 43.5 Å². The van der Waals surface area contributed by atoms with Gasteiger partial charge in [0.05, 0.1) is 10.5 Å². The Morgan fingerprint density at radius 2 is 2.05 bits per heavy atom. The third-order valence-corrected chi connectivity index (χ3v) is 7.48. The van der Waals surface area contributed by atoms with E-state index in [0.29, 0.717) is 13.0 Å². The highest BCUT2D eigenvalue weighted by Gasteiger charge is 2.37. The molecule has 0 aliphatic carbocycles. The summed E-state index contributed by atoms with van der Waals surface area (Å²) >= 11 is 0. The van der Waals surface area contributed by atoms with E-state index in [9.17, 15) is 8.42 Å². The number of fused-ring (bicyclic) bond motifs is 1. The lowest BCUT2D eigenvalue weighted by Gasteiger charge is -2.23. The van der Waals surface area contributed by atoms with Crippen molar-refractivity contribution in [3.63, 3.8) is 0 Å². The van der Waals surface area contributed by atoms with E-state index in [4.69, 9.17) is 0 Å². The quantitative estimate of drug-likeness (QED) is 0.895. The van der Waals surface area contributed by atoms with E-state index in [2.05, 4.69) is 28.4 Å². The number of para-hydroxylation sites is 1. The number of anilines is 1. The van der Waals surface area contributed by atoms with E-state index >= 15 is 0 Å². The van der Waals surface area contributed by atoms with Crippen LogP contribution in [-0.2, 0) is 22.8 Å². The number of rotatable bonds is 2. The van der Waals surface area contributed by atoms with E-state index in [1.54, 1.807) is 0 Å². The molecule has 1 aromatic carbocycles. The van der Waals surface area contributed by atoms with Gasteiger partial charge >= 0.3 is 0 Å². The fourth-order valence-corrected chi connectivity index (χ4v) is 4.62. The molecule has 0 bridgehead atoms. The maximum Gasteiger partial charge on any atom is 0.156 e. The van der Waals surface area contributed by atoms with E-state index in [0.717, 1.165) is 26.1 Å². The van der Waals surface area contributed by atoms with Crippen molar-refractivity contribution < 1.29 is 8.42 Å². The Bertz CT molecular complexity index is 644. The molecule has 0 amide bonds. The van der Waals surface area contributed by atoms with Crippen LogP contribution < -0.4 is 5.32 Å². The smallest absolute Gasteiger partial charge is 0.156 e. The van der Waals surface area contributed by atoms with Crippen LogP contribution in [0.2, 0.25) is 0 Å². The second-order valence-electron chi connectivity index (χ2n) is 6.73. The zero-order valence-corrected chi connectivity index (χ0v) is 14.9. The van der Waals surface area contributed by atoms with Crippen molar-refractivity contribution in [2.45, 2.75) is 38.0 Å². The average Bonchev–Trinajstić information content (AvgIpc) is 2.87. The molecule has 0 saturated carbocycles. The van der Waals surface area contributed by atoms with Gasteiger partial charge in [-0.1, -0.05) is 18.2 Å². The maximum absolute atomic E-state index is 12.3. The van der Waals surface area contributed by atoms with Gasteiger partial charge in [-0.2, -0.15) is 0 Å². The number of benzene rings is 1. The van der Waals surface area contributed by atoms with Crippen molar-refractivity contribution in [1.82, 2.24) is 4.90 Å². The van der Waals surface area contributed by atoms with Gasteiger partial charge in [0.2, 0.25) is 0 Å². The van der Waals surface area contributed by atoms with Crippen molar-refractivity contribution in [3.8, 4) is 0 Å². The summed E-state index contributed by atoms with van der Waals surface area (Å²) in [5.74, 6) is 0.266. The van der Waals surface area contributed by atoms with Crippen molar-refractivity contribution in [3.05, 3.63) is 29.3 Å². The summed E-state index contributed by atoms with van der Waals surface area (Å²) in [6.45, 7) is 7.03. The lowest BCUT2D eigenvalue weighted by molar-refractivity contribution is 0.277. The molecule has 0 aromatic heterocycles. The van der Waals surface area contributed by atoms with Gasteiger partial charge in [-0.3, -0.25) is 4.90 Å². The normalized spacial score (nSPS) is 23.0. The van der Waals surface area contributed by atoms with Crippen molar-refractivity contribution in [1.29, 1.82) is 0 Å². The second-order valence-corrected chi connectivity index (χ2v) is 9.48. The average molecular weight is 345 g/mol. The lowest BCUT2D eigenvalue weighted by Crippen LogP contribution is -2.33. The van der Waals surface area contributed by atoms with Crippen molar-refractivity contribution in [2.75, 3.05) is 30.7 Å². The molecule has 6 heteroatoms. The van der Waals surface area contributed by atoms with Crippen LogP contribution in [0, 0.1) is 0 Å². The first kappa shape index (κ1) is 17.6. The summed E-state index contributed by atoms with van der Waals surface area (Å²) in [6.07, 6.45) is 1.79. The fraction of sp³-hybridized carbons (Fsp3) is 0.625. The molecule has 0 radical (unpaired) electrons. The van der Waals surface area contributed by atoms with Gasteiger partial charge in [-0.05, 0) is 37.8 Å². The van der Waals surface area contributed by atoms with Gasteiger partial charge in [-0.25, -0.2) is 8.42 Å². The topological polar surface area (TPSA) is 49.4 Å². The minimum Gasteiger partial charge on any atom is -0.384 e. The highest BCUT2D eigenvalue weighted by Crippen LogP contribution is 2.29. The summed E-state index contributed by atoms with van der Waals surface area (Å²) < 4.78 is 23.9. The highest BCUT2D eigenvalue weighted by molar-refractivity contribution is 7.92. The van der Waals surface area contributed by atoms with Crippen molar-refractivity contribution in [2.24, 2.45) is 0 Å². The Balaban J connectivity index is 0.00000176. The van der Waals surface area contributed by atoms with Crippen LogP contribution in [0.15, 0.2) is 18.2 Å². The summed E-state index contributed by atoms with van der Waals surface area (Å²) in [5, 5.41) is 3.46. The van der Waals surface area contributed by atoms with Gasteiger partial charge < -0.3 is 5.32 Å². The summed E-state index contributed by atoms with van der Waals surface area (Å²) in [6, 6.07) is 6.44. The van der Waals surface area contributed by atoms with Crippen LogP contribution in [0.25, 0.3) is 0 Å². The Kier molecular flexibility index (Phi) is 5.09. The lowest BCUT2D eigenvalue weighted by atomic mass is 10.1. The van der Waals surface area contributed by atoms with E-state index in [-0.39, 0.29) is 18.2 Å². The van der Waals surface area contributed by atoms with Crippen LogP contribution in [0.5, 0.6) is 0 Å². The molecule has 2 aliphatic rings. The fourth-order valence-electron chi connectivity index (χ4n) is 3.16. The zero-order valence-electron chi connectivity index (χ0n) is 13.3. The number of hydrogen-bond acceptors (Lipinski definition) is 4. The van der Waals surface area contributed by atoms with Gasteiger partial charge in [0.15, 0.2) is 9.84 Å². The van der Waals surface area contributed by atoms with Gasteiger partial charge in [-0.15, -0.1) is 12.4 Å². The largest absolute Gasteiger partial charge is 0.384 e. The Morgan fingerprint density at radius 3 is 2.82 bits per heavy atom. The minimum absolute atomic E-state index is 0. The number of nitrogens with one attached hydrogen (secondary N) is 1. The molecule has 0 spiro atoms. The Hall–Kier alpha value is -0.780. The zero-order chi connectivity index (χ0) is 15.1. The first-order valence-corrected chi connectivity index (χ1v) is 9.34. The summed E-state index contributed by atoms with van der Waals surface area (Å²) in [4.78, 5) is 2.28. The molecule has 0 atom stereocenters. The standard InChI is InChI=1S/C16H24N2O2S.ClH/c1-16(2)7-9-18(10-11-21(16,19)20)12-14-5-3-4-13-6-8-17-15(13)14;/h3-5,17H,6-12H2,1-2H3;1H. The van der Waals surface area contributed by atoms with Gasteiger partial charge in [0.1, 0.15) is 0 Å². The molecule has 0 unspecified atom stereocenters. The molecule has 3 rings (SSSR count). The molecule has 1 N–H and O–H groups in total. The number of halogens is 1. The van der Waals surface area contributed by atoms with Gasteiger partial charge in [0.25, 0.3) is 0 Å². The highest BCUT2D eigenvalue weighted by atomic mass is 35.5. The van der Waals surface area contributed by atoms with E-state index < -0.39 is 14.6 Å². The van der Waals surface area contributed by atoms with Crippen LogP contribution in [0.4, 0.5) is 5.69 Å². The molecule has 2 heterocycles. The molecule has 1 saturated heterocycles. The monoisotopic (exact) mass is 344 g/mol. The first-order valence-electron chi connectivity index (χ1n) is 7.68. The second kappa shape index (κ2) is 6.38. The van der Waals surface area contributed by atoms with E-state index in [1.807, 2.05) is 13.8 Å². The molecular weight excluding hydrogens is 320 g/mol. The maximum atomic E-state index is 12.3. The third kappa shape index (κ3) is 3.26. The van der Waals surface area contributed by atoms with Crippen LogP contribution >= 0.6 is 12.4 Å². The first-order chi connectivity index (χ1) is 9.89. The molecule has 4 nitrogen and oxygen atoms in total. The third-order valence-electron chi connectivity index (χ3n) is 4.88. The van der Waals surface area contributed by atoms with Crippen LogP contribution in [0.1, 0.15) is 31.4 Å². The predicted octanol–water partition coefficient (Wildman–Crippen LogP) is 2.48. The molecular formula is C16H25ClN2O2S. The molecule has 1 aromatic rings. The molecule has 124 valence electrons. The SMILES string of the molecule is CC1(C)CCN(Cc2cccc3c2NCC3)CCS1(=O)=O.Cl. The molecule has 1 fully saturated rings. The van der Waals surface area contributed by atoms with Crippen LogP contribution in [0.3, 0.4) is 0 Å². The summed E-state index contributed by atoms with van der Waals surface area (Å²) in [7, 11) is -2.99. The number of hydrogen-bond donors (Lipinski definition) is 1. The molecule has 2 aliphatic heterocycles. The molecule has 22 heavy (non-hydrogen) atoms. The van der Waals surface area contributed by atoms with Crippen molar-refractivity contribution >= 4 is 27.9 Å². The van der Waals surface area contributed by atoms with Gasteiger partial charge in [0, 0.05) is 31.9 Å².